The van der Waals surface area contributed by atoms with Gasteiger partial charge in [-0.15, -0.1) is 11.3 Å². The molecule has 0 aliphatic rings. The summed E-state index contributed by atoms with van der Waals surface area (Å²) in [5.74, 6) is -0.0806. The number of carbonyl (C=O) groups excluding carboxylic acids is 1. The molecule has 0 radical (unpaired) electrons. The Morgan fingerprint density at radius 2 is 2.24 bits per heavy atom. The van der Waals surface area contributed by atoms with Crippen LogP contribution in [0.25, 0.3) is 0 Å². The predicted octanol–water partition coefficient (Wildman–Crippen LogP) is 2.94. The van der Waals surface area contributed by atoms with Crippen molar-refractivity contribution in [2.45, 2.75) is 26.8 Å². The minimum atomic E-state index is -0.0806. The van der Waals surface area contributed by atoms with E-state index in [1.165, 1.54) is 0 Å². The van der Waals surface area contributed by atoms with E-state index in [1.807, 2.05) is 13.0 Å². The van der Waals surface area contributed by atoms with Gasteiger partial charge in [0.2, 0.25) is 0 Å². The molecule has 5 nitrogen and oxygen atoms in total. The van der Waals surface area contributed by atoms with Crippen LogP contribution < -0.4 is 5.32 Å². The zero-order valence-electron chi connectivity index (χ0n) is 12.6. The number of amides is 1. The van der Waals surface area contributed by atoms with E-state index >= 15 is 0 Å². The topological polar surface area (TPSA) is 58.1 Å². The van der Waals surface area contributed by atoms with E-state index in [-0.39, 0.29) is 5.91 Å². The number of carbonyl (C=O) groups is 1. The van der Waals surface area contributed by atoms with Gasteiger partial charge in [-0.1, -0.05) is 6.92 Å². The van der Waals surface area contributed by atoms with Gasteiger partial charge in [-0.05, 0) is 25.5 Å². The Bertz CT molecular complexity index is 611. The number of thiazole rings is 1. The predicted molar refractivity (Wildman–Crippen MR) is 85.7 cm³/mol. The van der Waals surface area contributed by atoms with Crippen LogP contribution >= 0.6 is 11.3 Å². The van der Waals surface area contributed by atoms with Gasteiger partial charge in [0.1, 0.15) is 5.69 Å². The zero-order chi connectivity index (χ0) is 15.2. The lowest BCUT2D eigenvalue weighted by Gasteiger charge is -2.16. The zero-order valence-corrected chi connectivity index (χ0v) is 13.4. The van der Waals surface area contributed by atoms with E-state index in [0.29, 0.717) is 12.2 Å². The van der Waals surface area contributed by atoms with Crippen molar-refractivity contribution in [2.24, 2.45) is 0 Å². The van der Waals surface area contributed by atoms with Crippen LogP contribution in [0.4, 0.5) is 5.69 Å². The lowest BCUT2D eigenvalue weighted by Crippen LogP contribution is -2.27. The summed E-state index contributed by atoms with van der Waals surface area (Å²) in [4.78, 5) is 23.6. The highest BCUT2D eigenvalue weighted by Crippen LogP contribution is 2.16. The third kappa shape index (κ3) is 4.01. The second-order valence-corrected chi connectivity index (χ2v) is 5.82. The molecule has 0 atom stereocenters. The molecule has 2 rings (SSSR count). The highest BCUT2D eigenvalue weighted by Gasteiger charge is 2.15. The van der Waals surface area contributed by atoms with Crippen LogP contribution in [0.2, 0.25) is 0 Å². The van der Waals surface area contributed by atoms with Crippen LogP contribution in [0.15, 0.2) is 23.8 Å². The van der Waals surface area contributed by atoms with Gasteiger partial charge in [-0.2, -0.15) is 0 Å². The fraction of sp³-hybridized carbons (Fsp3) is 0.400. The van der Waals surface area contributed by atoms with Crippen molar-refractivity contribution in [3.63, 3.8) is 0 Å². The molecule has 0 saturated carbocycles. The van der Waals surface area contributed by atoms with Gasteiger partial charge in [0.25, 0.3) is 5.91 Å². The summed E-state index contributed by atoms with van der Waals surface area (Å²) in [6, 6.07) is 3.67. The maximum absolute atomic E-state index is 12.4. The Morgan fingerprint density at radius 1 is 1.43 bits per heavy atom. The van der Waals surface area contributed by atoms with E-state index in [1.54, 1.807) is 41.1 Å². The molecule has 0 spiro atoms. The molecule has 0 saturated heterocycles. The van der Waals surface area contributed by atoms with Gasteiger partial charge in [-0.25, -0.2) is 4.98 Å². The molecule has 112 valence electrons. The molecule has 0 aliphatic carbocycles. The van der Waals surface area contributed by atoms with Crippen LogP contribution in [0.3, 0.4) is 0 Å². The maximum atomic E-state index is 12.4. The number of nitrogens with zero attached hydrogens (tertiary/aromatic N) is 3. The largest absolute Gasteiger partial charge is 0.385 e. The Balaban J connectivity index is 2.06. The minimum Gasteiger partial charge on any atom is -0.385 e. The van der Waals surface area contributed by atoms with Crippen molar-refractivity contribution in [3.05, 3.63) is 40.1 Å². The maximum Gasteiger partial charge on any atom is 0.272 e. The van der Waals surface area contributed by atoms with E-state index in [2.05, 4.69) is 22.2 Å². The van der Waals surface area contributed by atoms with Crippen LogP contribution in [0, 0.1) is 6.92 Å². The van der Waals surface area contributed by atoms with Crippen molar-refractivity contribution in [3.8, 4) is 0 Å². The average Bonchev–Trinajstić information content (AvgIpc) is 2.90. The third-order valence-electron chi connectivity index (χ3n) is 3.13. The lowest BCUT2D eigenvalue weighted by atomic mass is 10.2. The second kappa shape index (κ2) is 7.17. The van der Waals surface area contributed by atoms with Crippen molar-refractivity contribution >= 4 is 22.9 Å². The van der Waals surface area contributed by atoms with Gasteiger partial charge in [0.05, 0.1) is 17.7 Å². The summed E-state index contributed by atoms with van der Waals surface area (Å²) >= 11 is 1.57. The Morgan fingerprint density at radius 3 is 2.90 bits per heavy atom. The summed E-state index contributed by atoms with van der Waals surface area (Å²) in [6.07, 6.45) is 2.70. The van der Waals surface area contributed by atoms with Crippen molar-refractivity contribution in [1.82, 2.24) is 14.9 Å². The van der Waals surface area contributed by atoms with E-state index in [4.69, 9.17) is 0 Å². The molecule has 2 heterocycles. The molecule has 0 unspecified atom stereocenters. The van der Waals surface area contributed by atoms with E-state index in [0.717, 1.165) is 29.2 Å². The van der Waals surface area contributed by atoms with Crippen LogP contribution in [-0.2, 0) is 6.54 Å². The number of rotatable bonds is 6. The monoisotopic (exact) mass is 304 g/mol. The smallest absolute Gasteiger partial charge is 0.272 e. The van der Waals surface area contributed by atoms with Crippen LogP contribution in [-0.4, -0.2) is 34.4 Å². The SMILES string of the molecule is CCCNc1ccnc(C(=O)N(C)Cc2scnc2C)c1. The minimum absolute atomic E-state index is 0.0806. The molecule has 21 heavy (non-hydrogen) atoms. The van der Waals surface area contributed by atoms with Gasteiger partial charge >= 0.3 is 0 Å². The number of hydrogen-bond donors (Lipinski definition) is 1. The number of hydrogen-bond acceptors (Lipinski definition) is 5. The second-order valence-electron chi connectivity index (χ2n) is 4.88. The highest BCUT2D eigenvalue weighted by atomic mass is 32.1. The molecule has 0 bridgehead atoms. The molecule has 0 fully saturated rings. The molecule has 6 heteroatoms. The summed E-state index contributed by atoms with van der Waals surface area (Å²) in [5.41, 5.74) is 4.17. The Kier molecular flexibility index (Phi) is 5.27. The van der Waals surface area contributed by atoms with Crippen molar-refractivity contribution < 1.29 is 4.79 Å². The molecule has 2 aromatic heterocycles. The van der Waals surface area contributed by atoms with Gasteiger partial charge in [0.15, 0.2) is 0 Å². The third-order valence-corrected chi connectivity index (χ3v) is 4.05. The summed E-state index contributed by atoms with van der Waals surface area (Å²) in [7, 11) is 1.79. The number of aryl methyl sites for hydroxylation is 1. The van der Waals surface area contributed by atoms with Crippen molar-refractivity contribution in [2.75, 3.05) is 18.9 Å². The molecule has 0 aliphatic heterocycles. The fourth-order valence-corrected chi connectivity index (χ4v) is 2.72. The normalized spacial score (nSPS) is 10.4. The number of anilines is 1. The standard InChI is InChI=1S/C15H20N4OS/c1-4-6-16-12-5-7-17-13(8-12)15(20)19(3)9-14-11(2)18-10-21-14/h5,7-8,10H,4,6,9H2,1-3H3,(H,16,17). The van der Waals surface area contributed by atoms with Crippen LogP contribution in [0.1, 0.15) is 34.4 Å². The average molecular weight is 304 g/mol. The number of nitrogens with one attached hydrogen (secondary N) is 1. The molecular formula is C15H20N4OS. The summed E-state index contributed by atoms with van der Waals surface area (Å²) in [5, 5.41) is 3.26. The first-order valence-corrected chi connectivity index (χ1v) is 7.84. The first-order chi connectivity index (χ1) is 10.1. The lowest BCUT2D eigenvalue weighted by molar-refractivity contribution is 0.0780. The number of aromatic nitrogens is 2. The first kappa shape index (κ1) is 15.4. The summed E-state index contributed by atoms with van der Waals surface area (Å²) in [6.45, 7) is 5.50. The Labute approximate surface area is 129 Å². The molecule has 2 aromatic rings. The van der Waals surface area contributed by atoms with E-state index in [9.17, 15) is 4.79 Å². The van der Waals surface area contributed by atoms with Crippen LogP contribution in [0.5, 0.6) is 0 Å². The Hall–Kier alpha value is -1.95. The van der Waals surface area contributed by atoms with Crippen molar-refractivity contribution in [1.29, 1.82) is 0 Å². The highest BCUT2D eigenvalue weighted by molar-refractivity contribution is 7.09. The fourth-order valence-electron chi connectivity index (χ4n) is 1.89. The molecule has 1 N–H and O–H groups in total. The summed E-state index contributed by atoms with van der Waals surface area (Å²) < 4.78 is 0. The first-order valence-electron chi connectivity index (χ1n) is 6.96. The van der Waals surface area contributed by atoms with Gasteiger partial charge < -0.3 is 10.2 Å². The van der Waals surface area contributed by atoms with E-state index < -0.39 is 0 Å². The molecule has 1 amide bonds. The van der Waals surface area contributed by atoms with Gasteiger partial charge in [0, 0.05) is 30.4 Å². The molecule has 0 aromatic carbocycles. The quantitative estimate of drug-likeness (QED) is 0.891. The van der Waals surface area contributed by atoms with Gasteiger partial charge in [-0.3, -0.25) is 9.78 Å². The number of pyridine rings is 1. The molecular weight excluding hydrogens is 284 g/mol.